The molecule has 7 nitrogen and oxygen atoms in total. The Morgan fingerprint density at radius 3 is 2.65 bits per heavy atom. The molecule has 0 unspecified atom stereocenters. The minimum absolute atomic E-state index is 0.390. The normalized spacial score (nSPS) is 11.2. The molecule has 0 aromatic carbocycles. The van der Waals surface area contributed by atoms with Crippen LogP contribution in [0.25, 0.3) is 22.3 Å². The second kappa shape index (κ2) is 6.51. The Labute approximate surface area is 151 Å². The summed E-state index contributed by atoms with van der Waals surface area (Å²) in [6, 6.07) is 7.84. The maximum Gasteiger partial charge on any atom is 0.154 e. The zero-order chi connectivity index (χ0) is 18.1. The van der Waals surface area contributed by atoms with Crippen LogP contribution in [-0.4, -0.2) is 29.7 Å². The summed E-state index contributed by atoms with van der Waals surface area (Å²) in [4.78, 5) is 13.3. The summed E-state index contributed by atoms with van der Waals surface area (Å²) < 4.78 is 1.96. The molecule has 0 saturated heterocycles. The maximum absolute atomic E-state index is 4.67. The predicted molar refractivity (Wildman–Crippen MR) is 101 cm³/mol. The monoisotopic (exact) mass is 345 g/mol. The molecule has 0 atom stereocenters. The number of pyridine rings is 2. The number of fused-ring (bicyclic) bond motifs is 1. The molecule has 130 valence electrons. The SMILES string of the molecule is CC(C)c1cnnc(Nc2ccc3ncc(-c4cncn4C)cc3n2)c1. The molecule has 4 aromatic heterocycles. The highest BCUT2D eigenvalue weighted by Crippen LogP contribution is 2.23. The Kier molecular flexibility index (Phi) is 4.04. The molecular weight excluding hydrogens is 326 g/mol. The van der Waals surface area contributed by atoms with E-state index >= 15 is 0 Å². The highest BCUT2D eigenvalue weighted by atomic mass is 15.2. The highest BCUT2D eigenvalue weighted by molar-refractivity contribution is 5.81. The maximum atomic E-state index is 4.67. The van der Waals surface area contributed by atoms with Gasteiger partial charge >= 0.3 is 0 Å². The Bertz CT molecular complexity index is 1070. The molecule has 0 saturated carbocycles. The summed E-state index contributed by atoms with van der Waals surface area (Å²) in [6.07, 6.45) is 7.21. The molecule has 7 heteroatoms. The lowest BCUT2D eigenvalue weighted by Crippen LogP contribution is -2.00. The van der Waals surface area contributed by atoms with E-state index in [1.807, 2.05) is 48.3 Å². The zero-order valence-corrected chi connectivity index (χ0v) is 14.9. The number of imidazole rings is 1. The molecule has 1 N–H and O–H groups in total. The number of anilines is 2. The van der Waals surface area contributed by atoms with Gasteiger partial charge in [0.15, 0.2) is 5.82 Å². The molecule has 0 aliphatic rings. The van der Waals surface area contributed by atoms with Crippen LogP contribution in [0.4, 0.5) is 11.6 Å². The van der Waals surface area contributed by atoms with E-state index in [1.165, 1.54) is 0 Å². The van der Waals surface area contributed by atoms with Gasteiger partial charge in [0.05, 0.1) is 35.4 Å². The third-order valence-corrected chi connectivity index (χ3v) is 4.25. The van der Waals surface area contributed by atoms with Crippen molar-refractivity contribution in [2.24, 2.45) is 7.05 Å². The van der Waals surface area contributed by atoms with Crippen molar-refractivity contribution in [3.63, 3.8) is 0 Å². The lowest BCUT2D eigenvalue weighted by atomic mass is 10.1. The van der Waals surface area contributed by atoms with E-state index in [2.05, 4.69) is 44.3 Å². The van der Waals surface area contributed by atoms with Gasteiger partial charge < -0.3 is 9.88 Å². The zero-order valence-electron chi connectivity index (χ0n) is 14.9. The van der Waals surface area contributed by atoms with Gasteiger partial charge in [-0.15, -0.1) is 5.10 Å². The Balaban J connectivity index is 1.68. The number of aryl methyl sites for hydroxylation is 1. The molecule has 0 fully saturated rings. The van der Waals surface area contributed by atoms with Gasteiger partial charge in [0.25, 0.3) is 0 Å². The van der Waals surface area contributed by atoms with Crippen molar-refractivity contribution in [2.75, 3.05) is 5.32 Å². The number of nitrogens with zero attached hydrogens (tertiary/aromatic N) is 6. The lowest BCUT2D eigenvalue weighted by Gasteiger charge is -2.09. The van der Waals surface area contributed by atoms with E-state index < -0.39 is 0 Å². The minimum atomic E-state index is 0.390. The van der Waals surface area contributed by atoms with Crippen molar-refractivity contribution in [1.82, 2.24) is 29.7 Å². The van der Waals surface area contributed by atoms with Gasteiger partial charge in [-0.3, -0.25) is 4.98 Å². The van der Waals surface area contributed by atoms with E-state index in [0.29, 0.717) is 17.6 Å². The standard InChI is InChI=1S/C19H19N7/c1-12(2)13-7-19(25-22-9-13)24-18-5-4-15-16(23-18)6-14(8-21-15)17-10-20-11-26(17)3/h4-12H,1-3H3,(H,23,24,25). The topological polar surface area (TPSA) is 81.4 Å². The van der Waals surface area contributed by atoms with E-state index in [4.69, 9.17) is 0 Å². The van der Waals surface area contributed by atoms with Crippen LogP contribution >= 0.6 is 0 Å². The van der Waals surface area contributed by atoms with Gasteiger partial charge in [0.2, 0.25) is 0 Å². The number of hydrogen-bond donors (Lipinski definition) is 1. The molecular formula is C19H19N7. The molecule has 4 heterocycles. The van der Waals surface area contributed by atoms with Gasteiger partial charge in [0, 0.05) is 18.8 Å². The van der Waals surface area contributed by atoms with Crippen molar-refractivity contribution >= 4 is 22.7 Å². The van der Waals surface area contributed by atoms with E-state index in [-0.39, 0.29) is 0 Å². The molecule has 0 bridgehead atoms. The number of hydrogen-bond acceptors (Lipinski definition) is 6. The van der Waals surface area contributed by atoms with Crippen LogP contribution in [0.1, 0.15) is 25.3 Å². The second-order valence-electron chi connectivity index (χ2n) is 6.50. The number of aromatic nitrogens is 6. The van der Waals surface area contributed by atoms with Crippen LogP contribution in [0.3, 0.4) is 0 Å². The van der Waals surface area contributed by atoms with Crippen molar-refractivity contribution in [3.8, 4) is 11.3 Å². The van der Waals surface area contributed by atoms with Crippen LogP contribution in [0, 0.1) is 0 Å². The average Bonchev–Trinajstić information content (AvgIpc) is 3.07. The largest absolute Gasteiger partial charge is 0.334 e. The summed E-state index contributed by atoms with van der Waals surface area (Å²) >= 11 is 0. The fraction of sp³-hybridized carbons (Fsp3) is 0.211. The lowest BCUT2D eigenvalue weighted by molar-refractivity contribution is 0.843. The summed E-state index contributed by atoms with van der Waals surface area (Å²) in [6.45, 7) is 4.25. The van der Waals surface area contributed by atoms with Crippen LogP contribution in [-0.2, 0) is 7.05 Å². The van der Waals surface area contributed by atoms with Gasteiger partial charge in [0.1, 0.15) is 5.82 Å². The third-order valence-electron chi connectivity index (χ3n) is 4.25. The predicted octanol–water partition coefficient (Wildman–Crippen LogP) is 3.69. The van der Waals surface area contributed by atoms with Crippen LogP contribution in [0.15, 0.2) is 49.2 Å². The third kappa shape index (κ3) is 3.11. The minimum Gasteiger partial charge on any atom is -0.334 e. The van der Waals surface area contributed by atoms with E-state index in [0.717, 1.165) is 27.9 Å². The molecule has 26 heavy (non-hydrogen) atoms. The fourth-order valence-electron chi connectivity index (χ4n) is 2.74. The first-order valence-corrected chi connectivity index (χ1v) is 8.43. The second-order valence-corrected chi connectivity index (χ2v) is 6.50. The number of rotatable bonds is 4. The van der Waals surface area contributed by atoms with Crippen LogP contribution < -0.4 is 5.32 Å². The average molecular weight is 345 g/mol. The molecule has 0 aliphatic heterocycles. The molecule has 4 aromatic rings. The quantitative estimate of drug-likeness (QED) is 0.607. The molecule has 0 spiro atoms. The molecule has 0 radical (unpaired) electrons. The first kappa shape index (κ1) is 16.1. The summed E-state index contributed by atoms with van der Waals surface area (Å²) in [5, 5.41) is 11.4. The highest BCUT2D eigenvalue weighted by Gasteiger charge is 2.08. The van der Waals surface area contributed by atoms with Crippen molar-refractivity contribution in [3.05, 3.63) is 54.7 Å². The van der Waals surface area contributed by atoms with E-state index in [9.17, 15) is 0 Å². The Morgan fingerprint density at radius 2 is 1.88 bits per heavy atom. The van der Waals surface area contributed by atoms with Crippen molar-refractivity contribution in [2.45, 2.75) is 19.8 Å². The first-order chi connectivity index (χ1) is 12.6. The molecule has 0 amide bonds. The van der Waals surface area contributed by atoms with Crippen molar-refractivity contribution in [1.29, 1.82) is 0 Å². The Morgan fingerprint density at radius 1 is 1.00 bits per heavy atom. The van der Waals surface area contributed by atoms with Crippen LogP contribution in [0.2, 0.25) is 0 Å². The summed E-state index contributed by atoms with van der Waals surface area (Å²) in [5.74, 6) is 1.77. The van der Waals surface area contributed by atoms with Gasteiger partial charge in [-0.1, -0.05) is 13.8 Å². The van der Waals surface area contributed by atoms with E-state index in [1.54, 1.807) is 12.5 Å². The summed E-state index contributed by atoms with van der Waals surface area (Å²) in [7, 11) is 1.96. The van der Waals surface area contributed by atoms with Gasteiger partial charge in [-0.2, -0.15) is 5.10 Å². The van der Waals surface area contributed by atoms with Crippen molar-refractivity contribution < 1.29 is 0 Å². The smallest absolute Gasteiger partial charge is 0.154 e. The van der Waals surface area contributed by atoms with Crippen LogP contribution in [0.5, 0.6) is 0 Å². The first-order valence-electron chi connectivity index (χ1n) is 8.43. The summed E-state index contributed by atoms with van der Waals surface area (Å²) in [5.41, 5.74) is 4.74. The Hall–Kier alpha value is -3.35. The van der Waals surface area contributed by atoms with Gasteiger partial charge in [-0.25, -0.2) is 9.97 Å². The molecule has 0 aliphatic carbocycles. The fourth-order valence-corrected chi connectivity index (χ4v) is 2.74. The molecule has 4 rings (SSSR count). The number of nitrogens with one attached hydrogen (secondary N) is 1. The van der Waals surface area contributed by atoms with Gasteiger partial charge in [-0.05, 0) is 35.7 Å².